The average molecular weight is 190 g/mol. The monoisotopic (exact) mass is 190 g/mol. The van der Waals surface area contributed by atoms with Crippen LogP contribution in [0.4, 0.5) is 0 Å². The van der Waals surface area contributed by atoms with Gasteiger partial charge in [0.2, 0.25) is 0 Å². The lowest BCUT2D eigenvalue weighted by Gasteiger charge is -2.09. The summed E-state index contributed by atoms with van der Waals surface area (Å²) in [5.74, 6) is 0.560. The fraction of sp³-hybridized carbons (Fsp3) is 0.462. The van der Waals surface area contributed by atoms with Gasteiger partial charge in [-0.2, -0.15) is 0 Å². The van der Waals surface area contributed by atoms with E-state index >= 15 is 0 Å². The molecular formula is C13H18O. The van der Waals surface area contributed by atoms with E-state index in [-0.39, 0.29) is 0 Å². The van der Waals surface area contributed by atoms with Crippen molar-refractivity contribution in [1.29, 1.82) is 0 Å². The molecule has 0 radical (unpaired) electrons. The largest absolute Gasteiger partial charge is 0.303 e. The van der Waals surface area contributed by atoms with Crippen LogP contribution in [0, 0.1) is 6.92 Å². The second-order valence-corrected chi connectivity index (χ2v) is 4.11. The number of benzene rings is 1. The third-order valence-corrected chi connectivity index (χ3v) is 2.38. The second-order valence-electron chi connectivity index (χ2n) is 4.11. The molecule has 0 bridgehead atoms. The zero-order valence-electron chi connectivity index (χ0n) is 9.21. The summed E-state index contributed by atoms with van der Waals surface area (Å²) in [5.41, 5.74) is 3.93. The molecule has 0 aliphatic rings. The number of hydrogen-bond donors (Lipinski definition) is 0. The van der Waals surface area contributed by atoms with Gasteiger partial charge >= 0.3 is 0 Å². The Labute approximate surface area is 86.1 Å². The SMILES string of the molecule is Cc1cc(CCC=O)cc(C(C)C)c1. The molecule has 0 spiro atoms. The van der Waals surface area contributed by atoms with Crippen molar-refractivity contribution in [2.75, 3.05) is 0 Å². The van der Waals surface area contributed by atoms with Crippen molar-refractivity contribution in [3.63, 3.8) is 0 Å². The summed E-state index contributed by atoms with van der Waals surface area (Å²) in [5, 5.41) is 0. The Morgan fingerprint density at radius 2 is 2.00 bits per heavy atom. The Bertz CT molecular complexity index is 313. The lowest BCUT2D eigenvalue weighted by atomic mass is 9.96. The summed E-state index contributed by atoms with van der Waals surface area (Å²) >= 11 is 0. The zero-order chi connectivity index (χ0) is 10.6. The highest BCUT2D eigenvalue weighted by Gasteiger charge is 2.02. The first kappa shape index (κ1) is 11.0. The van der Waals surface area contributed by atoms with Crippen LogP contribution < -0.4 is 0 Å². The quantitative estimate of drug-likeness (QED) is 0.666. The van der Waals surface area contributed by atoms with Gasteiger partial charge < -0.3 is 4.79 Å². The second kappa shape index (κ2) is 4.94. The van der Waals surface area contributed by atoms with Gasteiger partial charge in [-0.15, -0.1) is 0 Å². The maximum atomic E-state index is 10.3. The molecule has 0 saturated heterocycles. The standard InChI is InChI=1S/C13H18O/c1-10(2)13-8-11(3)7-12(9-13)5-4-6-14/h6-10H,4-5H2,1-3H3. The van der Waals surface area contributed by atoms with Gasteiger partial charge in [-0.25, -0.2) is 0 Å². The van der Waals surface area contributed by atoms with Crippen LogP contribution in [0.15, 0.2) is 18.2 Å². The van der Waals surface area contributed by atoms with Crippen LogP contribution in [0.25, 0.3) is 0 Å². The Balaban J connectivity index is 2.89. The lowest BCUT2D eigenvalue weighted by molar-refractivity contribution is -0.107. The maximum absolute atomic E-state index is 10.3. The van der Waals surface area contributed by atoms with Crippen LogP contribution in [-0.4, -0.2) is 6.29 Å². The summed E-state index contributed by atoms with van der Waals surface area (Å²) in [7, 11) is 0. The molecule has 14 heavy (non-hydrogen) atoms. The third kappa shape index (κ3) is 2.99. The van der Waals surface area contributed by atoms with Crippen LogP contribution in [0.5, 0.6) is 0 Å². The van der Waals surface area contributed by atoms with Crippen molar-refractivity contribution in [2.45, 2.75) is 39.5 Å². The van der Waals surface area contributed by atoms with E-state index in [0.29, 0.717) is 12.3 Å². The lowest BCUT2D eigenvalue weighted by Crippen LogP contribution is -1.93. The topological polar surface area (TPSA) is 17.1 Å². The smallest absolute Gasteiger partial charge is 0.120 e. The Kier molecular flexibility index (Phi) is 3.87. The molecule has 0 heterocycles. The Morgan fingerprint density at radius 1 is 1.29 bits per heavy atom. The van der Waals surface area contributed by atoms with Crippen molar-refractivity contribution in [2.24, 2.45) is 0 Å². The average Bonchev–Trinajstić information content (AvgIpc) is 2.14. The molecule has 0 unspecified atom stereocenters. The summed E-state index contributed by atoms with van der Waals surface area (Å²) < 4.78 is 0. The number of carbonyl (C=O) groups is 1. The molecule has 0 aliphatic carbocycles. The molecule has 1 nitrogen and oxygen atoms in total. The van der Waals surface area contributed by atoms with Crippen molar-refractivity contribution in [3.8, 4) is 0 Å². The summed E-state index contributed by atoms with van der Waals surface area (Å²) in [4.78, 5) is 10.3. The minimum absolute atomic E-state index is 0.560. The van der Waals surface area contributed by atoms with Crippen molar-refractivity contribution in [1.82, 2.24) is 0 Å². The molecule has 0 fully saturated rings. The number of aryl methyl sites for hydroxylation is 2. The van der Waals surface area contributed by atoms with E-state index in [0.717, 1.165) is 12.7 Å². The Hall–Kier alpha value is -1.11. The van der Waals surface area contributed by atoms with Gasteiger partial charge in [0.15, 0.2) is 0 Å². The van der Waals surface area contributed by atoms with Crippen molar-refractivity contribution in [3.05, 3.63) is 34.9 Å². The van der Waals surface area contributed by atoms with E-state index in [1.807, 2.05) is 0 Å². The predicted octanol–water partition coefficient (Wildman–Crippen LogP) is 3.25. The molecule has 0 amide bonds. The van der Waals surface area contributed by atoms with E-state index in [4.69, 9.17) is 0 Å². The number of rotatable bonds is 4. The fourth-order valence-electron chi connectivity index (χ4n) is 1.60. The molecule has 1 aromatic carbocycles. The van der Waals surface area contributed by atoms with Crippen LogP contribution in [-0.2, 0) is 11.2 Å². The third-order valence-electron chi connectivity index (χ3n) is 2.38. The molecule has 76 valence electrons. The molecule has 1 heteroatoms. The summed E-state index contributed by atoms with van der Waals surface area (Å²) in [6.45, 7) is 6.49. The molecule has 0 aromatic heterocycles. The summed E-state index contributed by atoms with van der Waals surface area (Å²) in [6.07, 6.45) is 2.48. The van der Waals surface area contributed by atoms with Gasteiger partial charge in [-0.1, -0.05) is 37.6 Å². The highest BCUT2D eigenvalue weighted by Crippen LogP contribution is 2.18. The number of hydrogen-bond acceptors (Lipinski definition) is 1. The molecule has 0 N–H and O–H groups in total. The fourth-order valence-corrected chi connectivity index (χ4v) is 1.60. The minimum Gasteiger partial charge on any atom is -0.303 e. The normalized spacial score (nSPS) is 10.6. The molecule has 0 aliphatic heterocycles. The first-order chi connectivity index (χ1) is 6.63. The predicted molar refractivity (Wildman–Crippen MR) is 59.7 cm³/mol. The van der Waals surface area contributed by atoms with Gasteiger partial charge in [-0.05, 0) is 30.4 Å². The molecular weight excluding hydrogens is 172 g/mol. The first-order valence-corrected chi connectivity index (χ1v) is 5.17. The van der Waals surface area contributed by atoms with E-state index in [9.17, 15) is 4.79 Å². The minimum atomic E-state index is 0.560. The van der Waals surface area contributed by atoms with Crippen LogP contribution in [0.3, 0.4) is 0 Å². The highest BCUT2D eigenvalue weighted by molar-refractivity contribution is 5.50. The van der Waals surface area contributed by atoms with E-state index in [1.165, 1.54) is 16.7 Å². The number of aldehydes is 1. The van der Waals surface area contributed by atoms with Crippen LogP contribution >= 0.6 is 0 Å². The molecule has 0 atom stereocenters. The molecule has 1 aromatic rings. The van der Waals surface area contributed by atoms with Gasteiger partial charge in [0.25, 0.3) is 0 Å². The van der Waals surface area contributed by atoms with E-state index in [2.05, 4.69) is 39.0 Å². The van der Waals surface area contributed by atoms with Gasteiger partial charge in [0.1, 0.15) is 6.29 Å². The van der Waals surface area contributed by atoms with Crippen molar-refractivity contribution >= 4 is 6.29 Å². The maximum Gasteiger partial charge on any atom is 0.120 e. The molecule has 0 saturated carbocycles. The van der Waals surface area contributed by atoms with E-state index in [1.54, 1.807) is 0 Å². The van der Waals surface area contributed by atoms with Gasteiger partial charge in [0.05, 0.1) is 0 Å². The highest BCUT2D eigenvalue weighted by atomic mass is 16.1. The van der Waals surface area contributed by atoms with Gasteiger partial charge in [0, 0.05) is 6.42 Å². The summed E-state index contributed by atoms with van der Waals surface area (Å²) in [6, 6.07) is 6.59. The van der Waals surface area contributed by atoms with Crippen molar-refractivity contribution < 1.29 is 4.79 Å². The first-order valence-electron chi connectivity index (χ1n) is 5.17. The Morgan fingerprint density at radius 3 is 2.57 bits per heavy atom. The van der Waals surface area contributed by atoms with Crippen LogP contribution in [0.1, 0.15) is 42.9 Å². The van der Waals surface area contributed by atoms with E-state index < -0.39 is 0 Å². The van der Waals surface area contributed by atoms with Crippen LogP contribution in [0.2, 0.25) is 0 Å². The molecule has 1 rings (SSSR count). The van der Waals surface area contributed by atoms with Gasteiger partial charge in [-0.3, -0.25) is 0 Å². The number of carbonyl (C=O) groups excluding carboxylic acids is 1. The zero-order valence-corrected chi connectivity index (χ0v) is 9.21.